The lowest BCUT2D eigenvalue weighted by Gasteiger charge is -2.34. The van der Waals surface area contributed by atoms with Crippen molar-refractivity contribution in [2.45, 2.75) is 26.5 Å². The zero-order chi connectivity index (χ0) is 22.8. The van der Waals surface area contributed by atoms with Crippen molar-refractivity contribution in [1.29, 1.82) is 0 Å². The summed E-state index contributed by atoms with van der Waals surface area (Å²) in [5.41, 5.74) is 10.9. The lowest BCUT2D eigenvalue weighted by Crippen LogP contribution is -2.46. The molecule has 0 bridgehead atoms. The quantitative estimate of drug-likeness (QED) is 0.488. The van der Waals surface area contributed by atoms with E-state index in [-0.39, 0.29) is 6.10 Å². The first-order chi connectivity index (χ1) is 16.1. The SMILES string of the molecule is CC(C)Oc1ccc(-c2nc3ccc(N)cn3c2CN2CCN(c3ncccn3)CC2)cc1. The van der Waals surface area contributed by atoms with Crippen molar-refractivity contribution in [3.05, 3.63) is 66.7 Å². The van der Waals surface area contributed by atoms with Gasteiger partial charge in [-0.25, -0.2) is 15.0 Å². The number of benzene rings is 1. The van der Waals surface area contributed by atoms with Gasteiger partial charge in [-0.2, -0.15) is 0 Å². The van der Waals surface area contributed by atoms with Crippen LogP contribution in [0.25, 0.3) is 16.9 Å². The number of hydrogen-bond acceptors (Lipinski definition) is 7. The Kier molecular flexibility index (Phi) is 5.83. The minimum atomic E-state index is 0.143. The fraction of sp³-hybridized carbons (Fsp3) is 0.320. The monoisotopic (exact) mass is 443 g/mol. The van der Waals surface area contributed by atoms with Crippen molar-refractivity contribution < 1.29 is 4.74 Å². The topological polar surface area (TPSA) is 84.8 Å². The maximum atomic E-state index is 6.12. The molecule has 170 valence electrons. The largest absolute Gasteiger partial charge is 0.491 e. The molecule has 4 heterocycles. The molecular weight excluding hydrogens is 414 g/mol. The molecule has 0 radical (unpaired) electrons. The van der Waals surface area contributed by atoms with Crippen LogP contribution in [0.3, 0.4) is 0 Å². The lowest BCUT2D eigenvalue weighted by molar-refractivity contribution is 0.242. The van der Waals surface area contributed by atoms with Crippen LogP contribution in [-0.4, -0.2) is 56.5 Å². The highest BCUT2D eigenvalue weighted by Gasteiger charge is 2.22. The molecule has 1 fully saturated rings. The van der Waals surface area contributed by atoms with Crippen LogP contribution in [0.2, 0.25) is 0 Å². The van der Waals surface area contributed by atoms with Gasteiger partial charge in [0.25, 0.3) is 0 Å². The molecule has 1 aromatic carbocycles. The Labute approximate surface area is 193 Å². The molecule has 0 amide bonds. The Hall–Kier alpha value is -3.65. The molecule has 8 heteroatoms. The van der Waals surface area contributed by atoms with Gasteiger partial charge in [0.2, 0.25) is 5.95 Å². The molecule has 0 spiro atoms. The Bertz CT molecular complexity index is 1210. The first kappa shape index (κ1) is 21.2. The van der Waals surface area contributed by atoms with Crippen LogP contribution < -0.4 is 15.4 Å². The number of aromatic nitrogens is 4. The van der Waals surface area contributed by atoms with Crippen molar-refractivity contribution in [1.82, 2.24) is 24.3 Å². The van der Waals surface area contributed by atoms with Gasteiger partial charge in [0, 0.05) is 62.6 Å². The van der Waals surface area contributed by atoms with Crippen molar-refractivity contribution >= 4 is 17.3 Å². The summed E-state index contributed by atoms with van der Waals surface area (Å²) in [6, 6.07) is 13.9. The highest BCUT2D eigenvalue weighted by atomic mass is 16.5. The fourth-order valence-corrected chi connectivity index (χ4v) is 4.23. The highest BCUT2D eigenvalue weighted by molar-refractivity contribution is 5.68. The summed E-state index contributed by atoms with van der Waals surface area (Å²) in [5, 5.41) is 0. The van der Waals surface area contributed by atoms with E-state index < -0.39 is 0 Å². The van der Waals surface area contributed by atoms with Gasteiger partial charge in [0.1, 0.15) is 11.4 Å². The van der Waals surface area contributed by atoms with E-state index in [0.717, 1.165) is 72.7 Å². The number of hydrogen-bond donors (Lipinski definition) is 1. The van der Waals surface area contributed by atoms with E-state index >= 15 is 0 Å². The van der Waals surface area contributed by atoms with Gasteiger partial charge in [-0.1, -0.05) is 0 Å². The van der Waals surface area contributed by atoms with Gasteiger partial charge < -0.3 is 19.8 Å². The predicted molar refractivity (Wildman–Crippen MR) is 130 cm³/mol. The number of piperazine rings is 1. The molecule has 2 N–H and O–H groups in total. The van der Waals surface area contributed by atoms with E-state index in [4.69, 9.17) is 15.5 Å². The Morgan fingerprint density at radius 1 is 0.970 bits per heavy atom. The third-order valence-corrected chi connectivity index (χ3v) is 5.82. The van der Waals surface area contributed by atoms with E-state index in [1.54, 1.807) is 12.4 Å². The second-order valence-corrected chi connectivity index (χ2v) is 8.60. The van der Waals surface area contributed by atoms with Gasteiger partial charge in [0.15, 0.2) is 0 Å². The van der Waals surface area contributed by atoms with Gasteiger partial charge in [-0.05, 0) is 56.3 Å². The number of rotatable bonds is 6. The molecule has 4 aromatic rings. The number of fused-ring (bicyclic) bond motifs is 1. The summed E-state index contributed by atoms with van der Waals surface area (Å²) in [5.74, 6) is 1.66. The van der Waals surface area contributed by atoms with Crippen molar-refractivity contribution in [2.75, 3.05) is 36.8 Å². The van der Waals surface area contributed by atoms with Gasteiger partial charge in [-0.15, -0.1) is 0 Å². The number of nitrogens with two attached hydrogens (primary N) is 1. The van der Waals surface area contributed by atoms with E-state index in [1.165, 1.54) is 0 Å². The standard InChI is InChI=1S/C25H29N7O/c1-18(2)33-21-7-4-19(5-8-21)24-22(32-16-20(26)6-9-23(32)29-24)17-30-12-14-31(15-13-30)25-27-10-3-11-28-25/h3-11,16,18H,12-15,17,26H2,1-2H3. The summed E-state index contributed by atoms with van der Waals surface area (Å²) >= 11 is 0. The van der Waals surface area contributed by atoms with Gasteiger partial charge >= 0.3 is 0 Å². The first-order valence-corrected chi connectivity index (χ1v) is 11.3. The number of nitrogens with zero attached hydrogens (tertiary/aromatic N) is 6. The van der Waals surface area contributed by atoms with E-state index in [0.29, 0.717) is 0 Å². The van der Waals surface area contributed by atoms with Crippen LogP contribution in [0.15, 0.2) is 61.1 Å². The molecular formula is C25H29N7O. The predicted octanol–water partition coefficient (Wildman–Crippen LogP) is 3.48. The molecule has 8 nitrogen and oxygen atoms in total. The molecule has 3 aromatic heterocycles. The van der Waals surface area contributed by atoms with Crippen molar-refractivity contribution in [2.24, 2.45) is 0 Å². The van der Waals surface area contributed by atoms with Crippen LogP contribution in [0, 0.1) is 0 Å². The average molecular weight is 444 g/mol. The van der Waals surface area contributed by atoms with E-state index in [1.807, 2.05) is 50.4 Å². The summed E-state index contributed by atoms with van der Waals surface area (Å²) in [6.07, 6.45) is 5.69. The van der Waals surface area contributed by atoms with Crippen LogP contribution >= 0.6 is 0 Å². The molecule has 0 unspecified atom stereocenters. The summed E-state index contributed by atoms with van der Waals surface area (Å²) in [7, 11) is 0. The zero-order valence-electron chi connectivity index (χ0n) is 19.1. The molecule has 1 aliphatic heterocycles. The zero-order valence-corrected chi connectivity index (χ0v) is 19.1. The lowest BCUT2D eigenvalue weighted by atomic mass is 10.1. The minimum Gasteiger partial charge on any atom is -0.491 e. The number of imidazole rings is 1. The van der Waals surface area contributed by atoms with Crippen LogP contribution in [0.1, 0.15) is 19.5 Å². The average Bonchev–Trinajstić information content (AvgIpc) is 3.18. The third kappa shape index (κ3) is 4.61. The van der Waals surface area contributed by atoms with Gasteiger partial charge in [-0.3, -0.25) is 4.90 Å². The maximum absolute atomic E-state index is 6.12. The maximum Gasteiger partial charge on any atom is 0.225 e. The molecule has 5 rings (SSSR count). The summed E-state index contributed by atoms with van der Waals surface area (Å²) < 4.78 is 7.93. The van der Waals surface area contributed by atoms with Crippen molar-refractivity contribution in [3.8, 4) is 17.0 Å². The molecule has 1 saturated heterocycles. The van der Waals surface area contributed by atoms with Crippen LogP contribution in [-0.2, 0) is 6.54 Å². The Morgan fingerprint density at radius 2 is 1.70 bits per heavy atom. The van der Waals surface area contributed by atoms with Crippen LogP contribution in [0.4, 0.5) is 11.6 Å². The third-order valence-electron chi connectivity index (χ3n) is 5.82. The highest BCUT2D eigenvalue weighted by Crippen LogP contribution is 2.29. The Balaban J connectivity index is 1.41. The fourth-order valence-electron chi connectivity index (χ4n) is 4.23. The molecule has 0 saturated carbocycles. The number of nitrogen functional groups attached to an aromatic ring is 1. The number of ether oxygens (including phenoxy) is 1. The summed E-state index contributed by atoms with van der Waals surface area (Å²) in [4.78, 5) is 18.4. The molecule has 33 heavy (non-hydrogen) atoms. The second kappa shape index (κ2) is 9.07. The number of anilines is 2. The van der Waals surface area contributed by atoms with E-state index in [9.17, 15) is 0 Å². The number of pyridine rings is 1. The van der Waals surface area contributed by atoms with Crippen molar-refractivity contribution in [3.63, 3.8) is 0 Å². The molecule has 1 aliphatic rings. The Morgan fingerprint density at radius 3 is 2.39 bits per heavy atom. The summed E-state index contributed by atoms with van der Waals surface area (Å²) in [6.45, 7) is 8.47. The molecule has 0 aliphatic carbocycles. The van der Waals surface area contributed by atoms with Crippen LogP contribution in [0.5, 0.6) is 5.75 Å². The normalized spacial score (nSPS) is 14.8. The van der Waals surface area contributed by atoms with Gasteiger partial charge in [0.05, 0.1) is 17.5 Å². The first-order valence-electron chi connectivity index (χ1n) is 11.3. The molecule has 0 atom stereocenters. The smallest absolute Gasteiger partial charge is 0.225 e. The second-order valence-electron chi connectivity index (χ2n) is 8.60. The van der Waals surface area contributed by atoms with E-state index in [2.05, 4.69) is 36.3 Å². The minimum absolute atomic E-state index is 0.143.